The van der Waals surface area contributed by atoms with Crippen molar-refractivity contribution in [3.05, 3.63) is 64.2 Å². The average Bonchev–Trinajstić information content (AvgIpc) is 3.43. The van der Waals surface area contributed by atoms with Gasteiger partial charge in [-0.3, -0.25) is 0 Å². The fourth-order valence-electron chi connectivity index (χ4n) is 3.80. The zero-order chi connectivity index (χ0) is 22.7. The molecule has 0 radical (unpaired) electrons. The Morgan fingerprint density at radius 3 is 2.66 bits per heavy atom. The molecule has 2 aromatic heterocycles. The molecule has 3 heterocycles. The van der Waals surface area contributed by atoms with Crippen molar-refractivity contribution in [1.82, 2.24) is 23.0 Å². The molecule has 1 fully saturated rings. The van der Waals surface area contributed by atoms with E-state index in [1.165, 1.54) is 38.7 Å². The minimum atomic E-state index is -3.53. The van der Waals surface area contributed by atoms with E-state index in [0.29, 0.717) is 38.5 Å². The lowest BCUT2D eigenvalue weighted by Gasteiger charge is -2.32. The Kier molecular flexibility index (Phi) is 6.79. The largest absolute Gasteiger partial charge is 0.492 e. The molecule has 1 aliphatic heterocycles. The third-order valence-corrected chi connectivity index (χ3v) is 8.20. The van der Waals surface area contributed by atoms with Gasteiger partial charge in [-0.1, -0.05) is 18.2 Å². The molecule has 0 bridgehead atoms. The highest BCUT2D eigenvalue weighted by Gasteiger charge is 2.34. The molecule has 0 N–H and O–H groups in total. The van der Waals surface area contributed by atoms with Crippen molar-refractivity contribution in [2.75, 3.05) is 33.8 Å². The maximum atomic E-state index is 13.2. The molecule has 0 amide bonds. The molecular formula is C21H27N5O4S2. The molecule has 0 saturated carbocycles. The highest BCUT2D eigenvalue weighted by atomic mass is 32.2. The molecule has 11 heteroatoms. The summed E-state index contributed by atoms with van der Waals surface area (Å²) in [6.07, 6.45) is 1.47. The SMILES string of the molecule is CN(C)S(=O)(=O)N1CCCC(c2nn(CCOc3ccccc3)c(=O)n2-c2cccs2)C1. The molecule has 0 aliphatic carbocycles. The van der Waals surface area contributed by atoms with E-state index in [1.54, 1.807) is 4.57 Å². The maximum Gasteiger partial charge on any atom is 0.351 e. The van der Waals surface area contributed by atoms with Gasteiger partial charge in [0.2, 0.25) is 0 Å². The van der Waals surface area contributed by atoms with E-state index in [1.807, 2.05) is 47.8 Å². The van der Waals surface area contributed by atoms with Crippen LogP contribution in [-0.2, 0) is 16.8 Å². The van der Waals surface area contributed by atoms with Crippen molar-refractivity contribution in [3.8, 4) is 10.8 Å². The van der Waals surface area contributed by atoms with E-state index in [2.05, 4.69) is 5.10 Å². The minimum Gasteiger partial charge on any atom is -0.492 e. The van der Waals surface area contributed by atoms with Gasteiger partial charge in [-0.2, -0.15) is 22.1 Å². The average molecular weight is 478 g/mol. The zero-order valence-corrected chi connectivity index (χ0v) is 19.8. The predicted octanol–water partition coefficient (Wildman–Crippen LogP) is 2.16. The van der Waals surface area contributed by atoms with Gasteiger partial charge in [0.05, 0.1) is 6.54 Å². The van der Waals surface area contributed by atoms with E-state index in [4.69, 9.17) is 4.74 Å². The zero-order valence-electron chi connectivity index (χ0n) is 18.1. The quantitative estimate of drug-likeness (QED) is 0.496. The number of piperidine rings is 1. The van der Waals surface area contributed by atoms with Gasteiger partial charge in [0.25, 0.3) is 10.2 Å². The second kappa shape index (κ2) is 9.57. The van der Waals surface area contributed by atoms with E-state index in [9.17, 15) is 13.2 Å². The summed E-state index contributed by atoms with van der Waals surface area (Å²) in [4.78, 5) is 13.2. The van der Waals surface area contributed by atoms with Gasteiger partial charge in [-0.15, -0.1) is 11.3 Å². The summed E-state index contributed by atoms with van der Waals surface area (Å²) in [5.74, 6) is 1.15. The van der Waals surface area contributed by atoms with Crippen LogP contribution in [0.2, 0.25) is 0 Å². The van der Waals surface area contributed by atoms with Gasteiger partial charge < -0.3 is 4.74 Å². The molecular weight excluding hydrogens is 450 g/mol. The van der Waals surface area contributed by atoms with Gasteiger partial charge in [-0.25, -0.2) is 14.0 Å². The van der Waals surface area contributed by atoms with Crippen LogP contribution in [0.15, 0.2) is 52.6 Å². The Bertz CT molecular complexity index is 1190. The minimum absolute atomic E-state index is 0.176. The lowest BCUT2D eigenvalue weighted by atomic mass is 9.99. The van der Waals surface area contributed by atoms with Crippen molar-refractivity contribution >= 4 is 21.5 Å². The van der Waals surface area contributed by atoms with Crippen LogP contribution in [0.4, 0.5) is 0 Å². The number of aromatic nitrogens is 3. The van der Waals surface area contributed by atoms with Crippen molar-refractivity contribution < 1.29 is 13.2 Å². The molecule has 1 aliphatic rings. The van der Waals surface area contributed by atoms with Crippen LogP contribution in [0.25, 0.3) is 5.00 Å². The highest BCUT2D eigenvalue weighted by Crippen LogP contribution is 2.29. The molecule has 3 aromatic rings. The van der Waals surface area contributed by atoms with E-state index >= 15 is 0 Å². The third-order valence-electron chi connectivity index (χ3n) is 5.44. The summed E-state index contributed by atoms with van der Waals surface area (Å²) in [6, 6.07) is 13.2. The van der Waals surface area contributed by atoms with Crippen LogP contribution >= 0.6 is 11.3 Å². The van der Waals surface area contributed by atoms with E-state index in [0.717, 1.165) is 17.2 Å². The number of hydrogen-bond acceptors (Lipinski definition) is 6. The number of thiophene rings is 1. The summed E-state index contributed by atoms with van der Waals surface area (Å²) < 4.78 is 36.8. The predicted molar refractivity (Wildman–Crippen MR) is 124 cm³/mol. The first-order valence-corrected chi connectivity index (χ1v) is 12.7. The summed E-state index contributed by atoms with van der Waals surface area (Å²) in [7, 11) is -0.469. The molecule has 4 rings (SSSR count). The van der Waals surface area contributed by atoms with Crippen molar-refractivity contribution in [1.29, 1.82) is 0 Å². The molecule has 1 unspecified atom stereocenters. The first-order chi connectivity index (χ1) is 15.4. The number of para-hydroxylation sites is 1. The Morgan fingerprint density at radius 1 is 1.19 bits per heavy atom. The second-order valence-electron chi connectivity index (χ2n) is 7.80. The number of hydrogen-bond donors (Lipinski definition) is 0. The van der Waals surface area contributed by atoms with E-state index in [-0.39, 0.29) is 11.6 Å². The summed E-state index contributed by atoms with van der Waals surface area (Å²) in [5.41, 5.74) is -0.244. The molecule has 32 heavy (non-hydrogen) atoms. The highest BCUT2D eigenvalue weighted by molar-refractivity contribution is 7.86. The van der Waals surface area contributed by atoms with Crippen LogP contribution in [0.5, 0.6) is 5.75 Å². The number of ether oxygens (including phenoxy) is 1. The van der Waals surface area contributed by atoms with Crippen LogP contribution in [0, 0.1) is 0 Å². The number of rotatable bonds is 8. The fraction of sp³-hybridized carbons (Fsp3) is 0.429. The van der Waals surface area contributed by atoms with Gasteiger partial charge in [0.1, 0.15) is 23.2 Å². The van der Waals surface area contributed by atoms with Crippen LogP contribution in [0.3, 0.4) is 0 Å². The second-order valence-corrected chi connectivity index (χ2v) is 10.9. The lowest BCUT2D eigenvalue weighted by molar-refractivity contribution is 0.283. The monoisotopic (exact) mass is 477 g/mol. The summed E-state index contributed by atoms with van der Waals surface area (Å²) >= 11 is 1.45. The summed E-state index contributed by atoms with van der Waals surface area (Å²) in [6.45, 7) is 1.36. The van der Waals surface area contributed by atoms with Crippen LogP contribution < -0.4 is 10.4 Å². The van der Waals surface area contributed by atoms with E-state index < -0.39 is 10.2 Å². The van der Waals surface area contributed by atoms with Crippen molar-refractivity contribution in [2.45, 2.75) is 25.3 Å². The van der Waals surface area contributed by atoms with Gasteiger partial charge in [0, 0.05) is 33.1 Å². The smallest absolute Gasteiger partial charge is 0.351 e. The van der Waals surface area contributed by atoms with Crippen LogP contribution in [0.1, 0.15) is 24.6 Å². The maximum absolute atomic E-state index is 13.2. The first-order valence-electron chi connectivity index (χ1n) is 10.5. The van der Waals surface area contributed by atoms with Crippen LogP contribution in [-0.4, -0.2) is 65.2 Å². The van der Waals surface area contributed by atoms with Gasteiger partial charge in [-0.05, 0) is 42.5 Å². The summed E-state index contributed by atoms with van der Waals surface area (Å²) in [5, 5.41) is 7.32. The molecule has 0 spiro atoms. The Balaban J connectivity index is 1.61. The number of nitrogens with zero attached hydrogens (tertiary/aromatic N) is 5. The first kappa shape index (κ1) is 22.7. The fourth-order valence-corrected chi connectivity index (χ4v) is 5.72. The standard InChI is InChI=1S/C21H27N5O4S2/c1-23(2)32(28,29)24-12-6-8-17(16-24)20-22-25(13-14-30-18-9-4-3-5-10-18)21(27)26(20)19-11-7-15-31-19/h3-5,7,9-11,15,17H,6,8,12-14,16H2,1-2H3. The molecule has 1 atom stereocenters. The third kappa shape index (κ3) is 4.65. The van der Waals surface area contributed by atoms with Crippen molar-refractivity contribution in [2.24, 2.45) is 0 Å². The lowest BCUT2D eigenvalue weighted by Crippen LogP contribution is -2.45. The molecule has 172 valence electrons. The topological polar surface area (TPSA) is 89.7 Å². The van der Waals surface area contributed by atoms with Gasteiger partial charge >= 0.3 is 5.69 Å². The Morgan fingerprint density at radius 2 is 1.97 bits per heavy atom. The van der Waals surface area contributed by atoms with Crippen molar-refractivity contribution in [3.63, 3.8) is 0 Å². The molecule has 9 nitrogen and oxygen atoms in total. The number of benzene rings is 1. The van der Waals surface area contributed by atoms with Gasteiger partial charge in [0.15, 0.2) is 0 Å². The molecule has 1 saturated heterocycles. The molecule has 1 aromatic carbocycles. The Labute approximate surface area is 191 Å². The normalized spacial score (nSPS) is 17.7. The Hall–Kier alpha value is -2.47.